The molecule has 0 radical (unpaired) electrons. The summed E-state index contributed by atoms with van der Waals surface area (Å²) in [6.07, 6.45) is 0.735. The van der Waals surface area contributed by atoms with Gasteiger partial charge in [-0.1, -0.05) is 39.3 Å². The Morgan fingerprint density at radius 3 is 2.36 bits per heavy atom. The monoisotopic (exact) mass is 515 g/mol. The smallest absolute Gasteiger partial charge is 0.263 e. The lowest BCUT2D eigenvalue weighted by Gasteiger charge is -2.25. The number of carbonyl (C=O) groups excluding carboxylic acids is 1. The Balaban J connectivity index is 0.00000154. The number of pyridine rings is 1. The van der Waals surface area contributed by atoms with Gasteiger partial charge in [0.2, 0.25) is 0 Å². The summed E-state index contributed by atoms with van der Waals surface area (Å²) in [7, 11) is 0. The maximum absolute atomic E-state index is 13.4. The van der Waals surface area contributed by atoms with Crippen molar-refractivity contribution in [2.24, 2.45) is 5.92 Å². The van der Waals surface area contributed by atoms with Crippen LogP contribution in [-0.4, -0.2) is 35.0 Å². The predicted octanol–water partition coefficient (Wildman–Crippen LogP) is 6.82. The summed E-state index contributed by atoms with van der Waals surface area (Å²) in [5.41, 5.74) is 0.893. The van der Waals surface area contributed by atoms with Crippen LogP contribution in [0.4, 0.5) is 4.39 Å². The van der Waals surface area contributed by atoms with Crippen molar-refractivity contribution in [1.82, 2.24) is 9.88 Å². The molecule has 1 N–H and O–H groups in total. The lowest BCUT2D eigenvalue weighted by Crippen LogP contribution is -2.42. The number of aromatic nitrogens is 1. The van der Waals surface area contributed by atoms with Crippen LogP contribution in [0.3, 0.4) is 0 Å². The molecule has 3 aromatic rings. The number of rotatable bonds is 7. The summed E-state index contributed by atoms with van der Waals surface area (Å²) in [6.45, 7) is 14.0. The summed E-state index contributed by atoms with van der Waals surface area (Å²) in [6, 6.07) is 11.1. The number of halogens is 2. The Bertz CT molecular complexity index is 1250. The van der Waals surface area contributed by atoms with Crippen LogP contribution < -0.4 is 10.3 Å². The summed E-state index contributed by atoms with van der Waals surface area (Å²) in [4.78, 5) is 29.5. The van der Waals surface area contributed by atoms with E-state index in [9.17, 15) is 14.0 Å². The fourth-order valence-electron chi connectivity index (χ4n) is 3.50. The molecule has 0 aliphatic heterocycles. The molecule has 0 saturated carbocycles. The van der Waals surface area contributed by atoms with E-state index in [0.717, 1.165) is 0 Å². The van der Waals surface area contributed by atoms with Crippen LogP contribution in [0.25, 0.3) is 21.9 Å². The van der Waals surface area contributed by atoms with Gasteiger partial charge in [0.1, 0.15) is 11.6 Å². The first-order valence-electron chi connectivity index (χ1n) is 12.2. The molecular weight excluding hydrogens is 481 g/mol. The first kappa shape index (κ1) is 30.7. The second kappa shape index (κ2) is 14.9. The highest BCUT2D eigenvalue weighted by Crippen LogP contribution is 2.33. The third kappa shape index (κ3) is 7.56. The summed E-state index contributed by atoms with van der Waals surface area (Å²) in [5.74, 6) is -0.625. The van der Waals surface area contributed by atoms with Crippen molar-refractivity contribution in [3.05, 3.63) is 63.8 Å². The molecule has 1 amide bonds. The zero-order valence-corrected chi connectivity index (χ0v) is 22.7. The minimum atomic E-state index is -0.799. The summed E-state index contributed by atoms with van der Waals surface area (Å²) in [5, 5.41) is 10.2. The molecule has 1 aromatic heterocycles. The molecule has 0 bridgehead atoms. The third-order valence-electron chi connectivity index (χ3n) is 5.16. The van der Waals surface area contributed by atoms with E-state index >= 15 is 0 Å². The average Bonchev–Trinajstić information content (AvgIpc) is 2.90. The molecule has 0 aliphatic carbocycles. The molecule has 36 heavy (non-hydrogen) atoms. The van der Waals surface area contributed by atoms with E-state index < -0.39 is 11.9 Å². The van der Waals surface area contributed by atoms with Gasteiger partial charge in [0.25, 0.3) is 11.5 Å². The van der Waals surface area contributed by atoms with E-state index in [1.54, 1.807) is 43.0 Å². The van der Waals surface area contributed by atoms with E-state index in [-0.39, 0.29) is 22.4 Å². The number of likely N-dealkylation sites (N-methyl/N-ethyl adjacent to an activating group) is 1. The Kier molecular flexibility index (Phi) is 12.7. The highest BCUT2D eigenvalue weighted by atomic mass is 35.5. The average molecular weight is 516 g/mol. The fourth-order valence-corrected chi connectivity index (χ4v) is 3.77. The van der Waals surface area contributed by atoms with Crippen molar-refractivity contribution in [2.75, 3.05) is 13.1 Å². The topological polar surface area (TPSA) is 86.2 Å². The molecule has 194 valence electrons. The standard InChI is InChI=1S/C24H23ClFN3O3.2C2H6/c1-4-29(13-14(2)11-27)24(31)15(3)32-17-6-8-18-20(10-17)23(30)28-12-21(18)19-7-5-16(26)9-22(19)25;2*1-2/h5-10,12,14-15H,4,13H2,1-3H3,(H,28,30);2*1-2H3. The van der Waals surface area contributed by atoms with Gasteiger partial charge in [-0.15, -0.1) is 0 Å². The fraction of sp³-hybridized carbons (Fsp3) is 0.393. The number of aromatic amines is 1. The number of carbonyl (C=O) groups is 1. The number of amides is 1. The van der Waals surface area contributed by atoms with Crippen LogP contribution in [0.5, 0.6) is 5.75 Å². The molecule has 8 heteroatoms. The number of fused-ring (bicyclic) bond motifs is 1. The van der Waals surface area contributed by atoms with Gasteiger partial charge < -0.3 is 14.6 Å². The lowest BCUT2D eigenvalue weighted by atomic mass is 10.0. The van der Waals surface area contributed by atoms with Crippen LogP contribution >= 0.6 is 11.6 Å². The minimum absolute atomic E-state index is 0.226. The van der Waals surface area contributed by atoms with Crippen LogP contribution in [0, 0.1) is 23.1 Å². The molecule has 2 unspecified atom stereocenters. The van der Waals surface area contributed by atoms with E-state index in [0.29, 0.717) is 40.7 Å². The third-order valence-corrected chi connectivity index (χ3v) is 5.48. The SMILES string of the molecule is CC.CC.CCN(CC(C)C#N)C(=O)C(C)Oc1ccc2c(-c3ccc(F)cc3Cl)c[nH]c(=O)c2c1. The van der Waals surface area contributed by atoms with Crippen LogP contribution in [0.15, 0.2) is 47.4 Å². The van der Waals surface area contributed by atoms with Gasteiger partial charge in [0.15, 0.2) is 6.10 Å². The molecule has 2 aromatic carbocycles. The van der Waals surface area contributed by atoms with Crippen molar-refractivity contribution >= 4 is 28.3 Å². The van der Waals surface area contributed by atoms with Gasteiger partial charge in [-0.25, -0.2) is 4.39 Å². The number of nitrogens with one attached hydrogen (secondary N) is 1. The maximum atomic E-state index is 13.4. The molecule has 3 rings (SSSR count). The molecule has 0 fully saturated rings. The van der Waals surface area contributed by atoms with Gasteiger partial charge in [0, 0.05) is 30.4 Å². The van der Waals surface area contributed by atoms with Crippen LogP contribution in [0.2, 0.25) is 5.02 Å². The number of nitriles is 1. The van der Waals surface area contributed by atoms with Gasteiger partial charge in [-0.3, -0.25) is 9.59 Å². The Morgan fingerprint density at radius 2 is 1.78 bits per heavy atom. The molecule has 0 saturated heterocycles. The van der Waals surface area contributed by atoms with Gasteiger partial charge >= 0.3 is 0 Å². The summed E-state index contributed by atoms with van der Waals surface area (Å²) >= 11 is 6.21. The Labute approximate surface area is 217 Å². The largest absolute Gasteiger partial charge is 0.481 e. The van der Waals surface area contributed by atoms with Crippen LogP contribution in [0.1, 0.15) is 48.5 Å². The van der Waals surface area contributed by atoms with E-state index in [1.807, 2.05) is 34.6 Å². The number of hydrogen-bond acceptors (Lipinski definition) is 4. The quantitative estimate of drug-likeness (QED) is 0.374. The van der Waals surface area contributed by atoms with Crippen molar-refractivity contribution < 1.29 is 13.9 Å². The van der Waals surface area contributed by atoms with Gasteiger partial charge in [-0.05, 0) is 62.6 Å². The zero-order chi connectivity index (χ0) is 27.4. The highest BCUT2D eigenvalue weighted by Gasteiger charge is 2.23. The first-order valence-corrected chi connectivity index (χ1v) is 12.6. The predicted molar refractivity (Wildman–Crippen MR) is 145 cm³/mol. The second-order valence-corrected chi connectivity index (χ2v) is 7.94. The second-order valence-electron chi connectivity index (χ2n) is 7.53. The number of hydrogen-bond donors (Lipinski definition) is 1. The van der Waals surface area contributed by atoms with E-state index in [1.165, 1.54) is 18.3 Å². The zero-order valence-electron chi connectivity index (χ0n) is 22.0. The first-order chi connectivity index (χ1) is 17.2. The minimum Gasteiger partial charge on any atom is -0.481 e. The Morgan fingerprint density at radius 1 is 1.11 bits per heavy atom. The number of nitrogens with zero attached hydrogens (tertiary/aromatic N) is 2. The number of ether oxygens (including phenoxy) is 1. The van der Waals surface area contributed by atoms with Gasteiger partial charge in [0.05, 0.1) is 22.4 Å². The molecular formula is C28H35ClFN3O3. The van der Waals surface area contributed by atoms with Crippen LogP contribution in [-0.2, 0) is 4.79 Å². The summed E-state index contributed by atoms with van der Waals surface area (Å²) < 4.78 is 19.3. The number of benzene rings is 2. The van der Waals surface area contributed by atoms with E-state index in [4.69, 9.17) is 21.6 Å². The molecule has 6 nitrogen and oxygen atoms in total. The van der Waals surface area contributed by atoms with Gasteiger partial charge in [-0.2, -0.15) is 5.26 Å². The van der Waals surface area contributed by atoms with Crippen molar-refractivity contribution in [1.29, 1.82) is 5.26 Å². The van der Waals surface area contributed by atoms with E-state index in [2.05, 4.69) is 11.1 Å². The Hall–Kier alpha value is -3.37. The lowest BCUT2D eigenvalue weighted by molar-refractivity contribution is -0.138. The molecule has 1 heterocycles. The molecule has 0 aliphatic rings. The van der Waals surface area contributed by atoms with Crippen molar-refractivity contribution in [2.45, 2.75) is 54.6 Å². The maximum Gasteiger partial charge on any atom is 0.263 e. The van der Waals surface area contributed by atoms with Crippen molar-refractivity contribution in [3.8, 4) is 22.9 Å². The van der Waals surface area contributed by atoms with Crippen molar-refractivity contribution in [3.63, 3.8) is 0 Å². The normalized spacial score (nSPS) is 11.7. The number of H-pyrrole nitrogens is 1. The molecule has 2 atom stereocenters. The molecule has 0 spiro atoms. The highest BCUT2D eigenvalue weighted by molar-refractivity contribution is 6.33.